The van der Waals surface area contributed by atoms with Gasteiger partial charge in [0.25, 0.3) is 5.91 Å². The molecule has 3 rings (SSSR count). The molecule has 5 nitrogen and oxygen atoms in total. The Hall–Kier alpha value is -2.82. The van der Waals surface area contributed by atoms with Crippen LogP contribution in [0.4, 0.5) is 0 Å². The van der Waals surface area contributed by atoms with Crippen LogP contribution in [0.25, 0.3) is 0 Å². The van der Waals surface area contributed by atoms with Crippen molar-refractivity contribution in [3.05, 3.63) is 65.2 Å². The maximum absolute atomic E-state index is 12.7. The molecule has 0 saturated carbocycles. The van der Waals surface area contributed by atoms with E-state index in [-0.39, 0.29) is 5.91 Å². The fraction of sp³-hybridized carbons (Fsp3) is 0.391. The van der Waals surface area contributed by atoms with E-state index in [0.29, 0.717) is 5.92 Å². The molecule has 28 heavy (non-hydrogen) atoms. The van der Waals surface area contributed by atoms with Crippen molar-refractivity contribution in [3.63, 3.8) is 0 Å². The first-order chi connectivity index (χ1) is 13.7. The predicted octanol–water partition coefficient (Wildman–Crippen LogP) is 4.16. The Balaban J connectivity index is 1.46. The second-order valence-electron chi connectivity index (χ2n) is 7.16. The molecule has 1 aliphatic heterocycles. The number of carbonyl (C=O) groups is 1. The molecule has 2 aromatic rings. The first-order valence-electron chi connectivity index (χ1n) is 9.78. The van der Waals surface area contributed by atoms with E-state index < -0.39 is 0 Å². The number of hydrogen-bond donors (Lipinski definition) is 0. The van der Waals surface area contributed by atoms with E-state index in [1.165, 1.54) is 19.1 Å². The minimum absolute atomic E-state index is 0.115. The number of carbonyl (C=O) groups excluding carboxylic acids is 1. The van der Waals surface area contributed by atoms with Crippen LogP contribution in [0.15, 0.2) is 53.7 Å². The number of oxime groups is 1. The lowest BCUT2D eigenvalue weighted by molar-refractivity contribution is 0.0687. The SMILES string of the molecule is CO/N=C/c1ccc(C(=O)N2CCC(CCc3ccc(OC)cc3)CC2)cc1. The molecule has 0 bridgehead atoms. The predicted molar refractivity (Wildman–Crippen MR) is 111 cm³/mol. The zero-order valence-electron chi connectivity index (χ0n) is 16.6. The summed E-state index contributed by atoms with van der Waals surface area (Å²) in [5, 5.41) is 3.74. The number of aryl methyl sites for hydroxylation is 1. The summed E-state index contributed by atoms with van der Waals surface area (Å²) in [6.07, 6.45) is 6.01. The quantitative estimate of drug-likeness (QED) is 0.535. The lowest BCUT2D eigenvalue weighted by atomic mass is 9.90. The topological polar surface area (TPSA) is 51.1 Å². The van der Waals surface area contributed by atoms with Crippen molar-refractivity contribution < 1.29 is 14.4 Å². The Bertz CT molecular complexity index is 776. The Labute approximate surface area is 166 Å². The number of likely N-dealkylation sites (tertiary alicyclic amines) is 1. The highest BCUT2D eigenvalue weighted by molar-refractivity contribution is 5.95. The molecule has 0 aliphatic carbocycles. The summed E-state index contributed by atoms with van der Waals surface area (Å²) in [5.41, 5.74) is 2.98. The summed E-state index contributed by atoms with van der Waals surface area (Å²) < 4.78 is 5.21. The number of piperidine rings is 1. The summed E-state index contributed by atoms with van der Waals surface area (Å²) in [4.78, 5) is 19.4. The van der Waals surface area contributed by atoms with Gasteiger partial charge in [0.05, 0.1) is 13.3 Å². The van der Waals surface area contributed by atoms with Crippen LogP contribution in [0.2, 0.25) is 0 Å². The minimum Gasteiger partial charge on any atom is -0.497 e. The molecule has 1 amide bonds. The third kappa shape index (κ3) is 5.35. The van der Waals surface area contributed by atoms with Gasteiger partial charge in [-0.2, -0.15) is 0 Å². The molecular formula is C23H28N2O3. The average Bonchev–Trinajstić information content (AvgIpc) is 2.77. The van der Waals surface area contributed by atoms with Crippen molar-refractivity contribution in [2.75, 3.05) is 27.3 Å². The Morgan fingerprint density at radius 1 is 1.07 bits per heavy atom. The molecule has 1 heterocycles. The molecule has 0 N–H and O–H groups in total. The van der Waals surface area contributed by atoms with Crippen LogP contribution < -0.4 is 4.74 Å². The molecule has 0 spiro atoms. The van der Waals surface area contributed by atoms with Crippen molar-refractivity contribution in [1.29, 1.82) is 0 Å². The maximum atomic E-state index is 12.7. The van der Waals surface area contributed by atoms with Gasteiger partial charge in [-0.15, -0.1) is 0 Å². The molecule has 148 valence electrons. The molecule has 1 aliphatic rings. The second kappa shape index (κ2) is 9.93. The molecule has 1 saturated heterocycles. The van der Waals surface area contributed by atoms with Gasteiger partial charge in [0, 0.05) is 18.7 Å². The monoisotopic (exact) mass is 380 g/mol. The molecule has 0 aromatic heterocycles. The van der Waals surface area contributed by atoms with Gasteiger partial charge >= 0.3 is 0 Å². The lowest BCUT2D eigenvalue weighted by Crippen LogP contribution is -2.38. The van der Waals surface area contributed by atoms with Crippen molar-refractivity contribution in [3.8, 4) is 5.75 Å². The summed E-state index contributed by atoms with van der Waals surface area (Å²) in [7, 11) is 3.20. The van der Waals surface area contributed by atoms with E-state index in [9.17, 15) is 4.79 Å². The van der Waals surface area contributed by atoms with E-state index in [2.05, 4.69) is 22.1 Å². The van der Waals surface area contributed by atoms with E-state index in [1.807, 2.05) is 41.3 Å². The highest BCUT2D eigenvalue weighted by atomic mass is 16.6. The van der Waals surface area contributed by atoms with E-state index in [1.54, 1.807) is 13.3 Å². The van der Waals surface area contributed by atoms with Gasteiger partial charge in [-0.25, -0.2) is 0 Å². The summed E-state index contributed by atoms with van der Waals surface area (Å²) in [6, 6.07) is 15.8. The van der Waals surface area contributed by atoms with Gasteiger partial charge < -0.3 is 14.5 Å². The number of amides is 1. The summed E-state index contributed by atoms with van der Waals surface area (Å²) in [5.74, 6) is 1.69. The van der Waals surface area contributed by atoms with Crippen LogP contribution in [-0.2, 0) is 11.3 Å². The first kappa shape index (κ1) is 19.9. The van der Waals surface area contributed by atoms with Crippen molar-refractivity contribution in [1.82, 2.24) is 4.90 Å². The smallest absolute Gasteiger partial charge is 0.253 e. The van der Waals surface area contributed by atoms with Gasteiger partial charge in [-0.3, -0.25) is 4.79 Å². The number of benzene rings is 2. The van der Waals surface area contributed by atoms with E-state index >= 15 is 0 Å². The highest BCUT2D eigenvalue weighted by Crippen LogP contribution is 2.24. The molecule has 0 unspecified atom stereocenters. The summed E-state index contributed by atoms with van der Waals surface area (Å²) >= 11 is 0. The zero-order chi connectivity index (χ0) is 19.8. The van der Waals surface area contributed by atoms with Crippen molar-refractivity contribution >= 4 is 12.1 Å². The zero-order valence-corrected chi connectivity index (χ0v) is 16.6. The van der Waals surface area contributed by atoms with Crippen LogP contribution in [-0.4, -0.2) is 44.3 Å². The molecule has 1 fully saturated rings. The highest BCUT2D eigenvalue weighted by Gasteiger charge is 2.23. The molecule has 5 heteroatoms. The fourth-order valence-electron chi connectivity index (χ4n) is 3.60. The van der Waals surface area contributed by atoms with Crippen LogP contribution >= 0.6 is 0 Å². The maximum Gasteiger partial charge on any atom is 0.253 e. The summed E-state index contributed by atoms with van der Waals surface area (Å²) in [6.45, 7) is 1.66. The van der Waals surface area contributed by atoms with Crippen molar-refractivity contribution in [2.45, 2.75) is 25.7 Å². The fourth-order valence-corrected chi connectivity index (χ4v) is 3.60. The van der Waals surface area contributed by atoms with Crippen LogP contribution in [0.3, 0.4) is 0 Å². The largest absolute Gasteiger partial charge is 0.497 e. The average molecular weight is 380 g/mol. The Kier molecular flexibility index (Phi) is 7.06. The van der Waals surface area contributed by atoms with Gasteiger partial charge in [0.1, 0.15) is 12.9 Å². The van der Waals surface area contributed by atoms with E-state index in [4.69, 9.17) is 4.74 Å². The minimum atomic E-state index is 0.115. The third-order valence-corrected chi connectivity index (χ3v) is 5.37. The standard InChI is InChI=1S/C23H28N2O3/c1-27-22-11-7-18(8-12-22)3-4-19-13-15-25(16-14-19)23(26)21-9-5-20(6-10-21)17-24-28-2/h5-12,17,19H,3-4,13-16H2,1-2H3/b24-17+. The van der Waals surface area contributed by atoms with Gasteiger partial charge in [-0.05, 0) is 67.0 Å². The third-order valence-electron chi connectivity index (χ3n) is 5.37. The lowest BCUT2D eigenvalue weighted by Gasteiger charge is -2.32. The van der Waals surface area contributed by atoms with Gasteiger partial charge in [-0.1, -0.05) is 29.4 Å². The Morgan fingerprint density at radius 2 is 1.75 bits per heavy atom. The van der Waals surface area contributed by atoms with Gasteiger partial charge in [0.2, 0.25) is 0 Å². The second-order valence-corrected chi connectivity index (χ2v) is 7.16. The van der Waals surface area contributed by atoms with Crippen LogP contribution in [0, 0.1) is 5.92 Å². The number of nitrogens with zero attached hydrogens (tertiary/aromatic N) is 2. The van der Waals surface area contributed by atoms with Crippen molar-refractivity contribution in [2.24, 2.45) is 11.1 Å². The van der Waals surface area contributed by atoms with Crippen LogP contribution in [0.1, 0.15) is 40.7 Å². The number of methoxy groups -OCH3 is 1. The molecular weight excluding hydrogens is 352 g/mol. The molecule has 0 radical (unpaired) electrons. The number of hydrogen-bond acceptors (Lipinski definition) is 4. The Morgan fingerprint density at radius 3 is 2.36 bits per heavy atom. The normalized spacial score (nSPS) is 15.0. The van der Waals surface area contributed by atoms with Gasteiger partial charge in [0.15, 0.2) is 0 Å². The first-order valence-corrected chi connectivity index (χ1v) is 9.78. The molecule has 2 aromatic carbocycles. The number of rotatable bonds is 7. The van der Waals surface area contributed by atoms with Crippen LogP contribution in [0.5, 0.6) is 5.75 Å². The molecule has 0 atom stereocenters. The number of ether oxygens (including phenoxy) is 1. The van der Waals surface area contributed by atoms with E-state index in [0.717, 1.165) is 49.2 Å².